The van der Waals surface area contributed by atoms with Crippen LogP contribution in [-0.4, -0.2) is 33.1 Å². The second kappa shape index (κ2) is 4.83. The van der Waals surface area contributed by atoms with Crippen LogP contribution in [0.2, 0.25) is 0 Å². The molecule has 3 N–H and O–H groups in total. The molecular formula is C20H32O3. The largest absolute Gasteiger partial charge is 0.393 e. The number of hydrogen-bond acceptors (Lipinski definition) is 3. The fourth-order valence-corrected chi connectivity index (χ4v) is 6.80. The van der Waals surface area contributed by atoms with E-state index < -0.39 is 17.8 Å². The van der Waals surface area contributed by atoms with Gasteiger partial charge in [0.15, 0.2) is 0 Å². The Morgan fingerprint density at radius 3 is 2.48 bits per heavy atom. The van der Waals surface area contributed by atoms with Crippen LogP contribution in [0.25, 0.3) is 0 Å². The van der Waals surface area contributed by atoms with Crippen molar-refractivity contribution < 1.29 is 15.3 Å². The minimum atomic E-state index is -1.17. The molecule has 3 saturated carbocycles. The molecule has 4 aliphatic rings. The quantitative estimate of drug-likeness (QED) is 0.601. The first-order valence-electron chi connectivity index (χ1n) is 9.52. The lowest BCUT2D eigenvalue weighted by Crippen LogP contribution is -2.65. The van der Waals surface area contributed by atoms with Crippen molar-refractivity contribution in [1.29, 1.82) is 0 Å². The lowest BCUT2D eigenvalue weighted by molar-refractivity contribution is -0.210. The van der Waals surface area contributed by atoms with Gasteiger partial charge in [0.2, 0.25) is 0 Å². The minimum Gasteiger partial charge on any atom is -0.393 e. The molecule has 0 aromatic rings. The van der Waals surface area contributed by atoms with E-state index in [9.17, 15) is 15.3 Å². The molecule has 0 radical (unpaired) electrons. The van der Waals surface area contributed by atoms with E-state index >= 15 is 0 Å². The maximum atomic E-state index is 11.3. The van der Waals surface area contributed by atoms with Crippen LogP contribution in [0.3, 0.4) is 0 Å². The normalized spacial score (nSPS) is 58.9. The lowest BCUT2D eigenvalue weighted by atomic mass is 9.46. The van der Waals surface area contributed by atoms with Crippen molar-refractivity contribution in [2.45, 2.75) is 83.5 Å². The Hall–Kier alpha value is -0.380. The summed E-state index contributed by atoms with van der Waals surface area (Å²) < 4.78 is 0. The van der Waals surface area contributed by atoms with E-state index in [-0.39, 0.29) is 5.41 Å². The molecule has 0 spiro atoms. The van der Waals surface area contributed by atoms with Crippen LogP contribution < -0.4 is 0 Å². The monoisotopic (exact) mass is 320 g/mol. The third-order valence-corrected chi connectivity index (χ3v) is 8.73. The van der Waals surface area contributed by atoms with Gasteiger partial charge in [-0.15, -0.1) is 0 Å². The van der Waals surface area contributed by atoms with E-state index in [0.717, 1.165) is 25.2 Å². The molecule has 3 fully saturated rings. The van der Waals surface area contributed by atoms with Crippen LogP contribution >= 0.6 is 0 Å². The van der Waals surface area contributed by atoms with Crippen LogP contribution in [0.4, 0.5) is 0 Å². The van der Waals surface area contributed by atoms with Gasteiger partial charge in [-0.1, -0.05) is 32.4 Å². The van der Waals surface area contributed by atoms with Crippen LogP contribution in [0.5, 0.6) is 0 Å². The van der Waals surface area contributed by atoms with Crippen LogP contribution in [-0.2, 0) is 0 Å². The molecular weight excluding hydrogens is 288 g/mol. The highest BCUT2D eigenvalue weighted by Gasteiger charge is 2.64. The summed E-state index contributed by atoms with van der Waals surface area (Å²) in [5.41, 5.74) is 0.320. The first-order valence-corrected chi connectivity index (χ1v) is 9.52. The van der Waals surface area contributed by atoms with E-state index in [2.05, 4.69) is 20.8 Å². The first-order chi connectivity index (χ1) is 10.7. The van der Waals surface area contributed by atoms with E-state index in [1.54, 1.807) is 0 Å². The van der Waals surface area contributed by atoms with E-state index in [1.165, 1.54) is 24.8 Å². The zero-order valence-electron chi connectivity index (χ0n) is 14.8. The number of hydrogen-bond donors (Lipinski definition) is 3. The molecule has 3 nitrogen and oxygen atoms in total. The maximum Gasteiger partial charge on any atom is 0.102 e. The Balaban J connectivity index is 1.79. The maximum absolute atomic E-state index is 11.3. The lowest BCUT2D eigenvalue weighted by Gasteiger charge is -2.61. The second-order valence-electron chi connectivity index (χ2n) is 9.48. The predicted molar refractivity (Wildman–Crippen MR) is 89.7 cm³/mol. The van der Waals surface area contributed by atoms with Gasteiger partial charge in [-0.2, -0.15) is 0 Å². The Morgan fingerprint density at radius 1 is 1.00 bits per heavy atom. The Kier molecular flexibility index (Phi) is 3.38. The molecule has 0 heterocycles. The van der Waals surface area contributed by atoms with Crippen molar-refractivity contribution in [3.8, 4) is 0 Å². The molecule has 0 aromatic carbocycles. The third kappa shape index (κ3) is 1.88. The molecule has 0 saturated heterocycles. The summed E-state index contributed by atoms with van der Waals surface area (Å²) >= 11 is 0. The number of aliphatic hydroxyl groups excluding tert-OH is 2. The topological polar surface area (TPSA) is 60.7 Å². The Morgan fingerprint density at radius 2 is 1.74 bits per heavy atom. The SMILES string of the molecule is CC1CCC2C3=CC(O)C4(O)CC(O)CCC4(C)C3CCC12C. The molecule has 8 atom stereocenters. The number of rotatable bonds is 0. The average Bonchev–Trinajstić information content (AvgIpc) is 2.79. The molecule has 0 aliphatic heterocycles. The van der Waals surface area contributed by atoms with E-state index in [1.807, 2.05) is 6.08 Å². The number of fused-ring (bicyclic) bond motifs is 5. The molecule has 0 bridgehead atoms. The van der Waals surface area contributed by atoms with Gasteiger partial charge in [-0.05, 0) is 61.7 Å². The summed E-state index contributed by atoms with van der Waals surface area (Å²) in [6.45, 7) is 6.99. The zero-order valence-corrected chi connectivity index (χ0v) is 14.8. The van der Waals surface area contributed by atoms with Crippen molar-refractivity contribution in [3.63, 3.8) is 0 Å². The van der Waals surface area contributed by atoms with Gasteiger partial charge >= 0.3 is 0 Å². The summed E-state index contributed by atoms with van der Waals surface area (Å²) in [6.07, 6.45) is 7.37. The van der Waals surface area contributed by atoms with Gasteiger partial charge < -0.3 is 15.3 Å². The summed E-state index contributed by atoms with van der Waals surface area (Å²) in [4.78, 5) is 0. The highest BCUT2D eigenvalue weighted by molar-refractivity contribution is 5.33. The molecule has 0 aromatic heterocycles. The number of aliphatic hydroxyl groups is 3. The standard InChI is InChI=1S/C20H32O3/c1-12-4-5-15-14-10-17(22)20(23)11-13(21)6-9-19(20,3)16(14)7-8-18(12,15)2/h10,12-13,15-17,21-23H,4-9,11H2,1-3H3. The molecule has 8 unspecified atom stereocenters. The molecule has 23 heavy (non-hydrogen) atoms. The highest BCUT2D eigenvalue weighted by atomic mass is 16.3. The highest BCUT2D eigenvalue weighted by Crippen LogP contribution is 2.66. The average molecular weight is 320 g/mol. The van der Waals surface area contributed by atoms with Crippen molar-refractivity contribution >= 4 is 0 Å². The summed E-state index contributed by atoms with van der Waals surface area (Å²) in [5.74, 6) is 1.68. The molecule has 4 aliphatic carbocycles. The second-order valence-corrected chi connectivity index (χ2v) is 9.48. The van der Waals surface area contributed by atoms with Gasteiger partial charge in [0.25, 0.3) is 0 Å². The van der Waals surface area contributed by atoms with Crippen molar-refractivity contribution in [2.24, 2.45) is 28.6 Å². The van der Waals surface area contributed by atoms with Crippen LogP contribution in [0, 0.1) is 28.6 Å². The van der Waals surface area contributed by atoms with Gasteiger partial charge in [0, 0.05) is 11.8 Å². The molecule has 4 rings (SSSR count). The number of allylic oxidation sites excluding steroid dienone is 1. The first kappa shape index (κ1) is 16.1. The zero-order chi connectivity index (χ0) is 16.6. The Labute approximate surface area is 139 Å². The van der Waals surface area contributed by atoms with Crippen molar-refractivity contribution in [2.75, 3.05) is 0 Å². The fraction of sp³-hybridized carbons (Fsp3) is 0.900. The van der Waals surface area contributed by atoms with Gasteiger partial charge in [0.05, 0.1) is 6.10 Å². The van der Waals surface area contributed by atoms with Crippen LogP contribution in [0.1, 0.15) is 65.7 Å². The summed E-state index contributed by atoms with van der Waals surface area (Å²) in [6, 6.07) is 0. The summed E-state index contributed by atoms with van der Waals surface area (Å²) in [5, 5.41) is 32.2. The van der Waals surface area contributed by atoms with E-state index in [4.69, 9.17) is 0 Å². The van der Waals surface area contributed by atoms with Crippen LogP contribution in [0.15, 0.2) is 11.6 Å². The van der Waals surface area contributed by atoms with E-state index in [0.29, 0.717) is 23.7 Å². The molecule has 130 valence electrons. The van der Waals surface area contributed by atoms with Gasteiger partial charge in [-0.3, -0.25) is 0 Å². The van der Waals surface area contributed by atoms with Gasteiger partial charge in [-0.25, -0.2) is 0 Å². The van der Waals surface area contributed by atoms with Crippen molar-refractivity contribution in [3.05, 3.63) is 11.6 Å². The molecule has 0 amide bonds. The molecule has 3 heteroatoms. The minimum absolute atomic E-state index is 0.303. The smallest absolute Gasteiger partial charge is 0.102 e. The van der Waals surface area contributed by atoms with Gasteiger partial charge in [0.1, 0.15) is 11.7 Å². The predicted octanol–water partition coefficient (Wildman–Crippen LogP) is 3.03. The van der Waals surface area contributed by atoms with Crippen molar-refractivity contribution in [1.82, 2.24) is 0 Å². The Bertz CT molecular complexity index is 543. The summed E-state index contributed by atoms with van der Waals surface area (Å²) in [7, 11) is 0. The third-order valence-electron chi connectivity index (χ3n) is 8.73. The fourth-order valence-electron chi connectivity index (χ4n) is 6.80.